The summed E-state index contributed by atoms with van der Waals surface area (Å²) in [7, 11) is 1.33. The topological polar surface area (TPSA) is 324 Å². The van der Waals surface area contributed by atoms with Crippen LogP contribution in [0, 0.1) is 11.8 Å². The normalized spacial score (nSPS) is 32.4. The van der Waals surface area contributed by atoms with E-state index in [1.165, 1.54) is 18.9 Å². The number of hydrogen-bond donors (Lipinski definition) is 9. The molecule has 452 valence electrons. The Balaban J connectivity index is 1.52. The second-order valence-electron chi connectivity index (χ2n) is 27.0. The van der Waals surface area contributed by atoms with Crippen molar-refractivity contribution < 1.29 is 87.1 Å². The molecule has 0 radical (unpaired) electrons. The van der Waals surface area contributed by atoms with Gasteiger partial charge in [0.1, 0.15) is 57.7 Å². The van der Waals surface area contributed by atoms with Crippen LogP contribution in [0.25, 0.3) is 0 Å². The number of alkyl carbamates (subject to hydrolysis) is 3. The molecule has 0 aromatic rings. The van der Waals surface area contributed by atoms with E-state index in [0.717, 1.165) is 4.90 Å². The van der Waals surface area contributed by atoms with Gasteiger partial charge in [0.25, 0.3) is 5.91 Å². The van der Waals surface area contributed by atoms with Gasteiger partial charge >= 0.3 is 30.5 Å². The van der Waals surface area contributed by atoms with Gasteiger partial charge in [0.15, 0.2) is 11.9 Å². The monoisotopic (exact) mass is 1130 g/mol. The van der Waals surface area contributed by atoms with E-state index >= 15 is 0 Å². The molecule has 3 heterocycles. The molecule has 5 aliphatic rings. The Morgan fingerprint density at radius 1 is 0.709 bits per heavy atom. The molecular weight excluding hydrogens is 1030 g/mol. The van der Waals surface area contributed by atoms with Crippen LogP contribution in [0.15, 0.2) is 11.8 Å². The molecule has 25 nitrogen and oxygen atoms in total. The molecule has 4 fully saturated rings. The zero-order chi connectivity index (χ0) is 59.6. The fraction of sp³-hybridized carbons (Fsp3) is 0.852. The minimum Gasteiger partial charge on any atom is -0.491 e. The van der Waals surface area contributed by atoms with Crippen LogP contribution in [0.1, 0.15) is 143 Å². The molecule has 2 saturated heterocycles. The van der Waals surface area contributed by atoms with Gasteiger partial charge in [-0.1, -0.05) is 0 Å². The van der Waals surface area contributed by atoms with Gasteiger partial charge in [-0.15, -0.1) is 0 Å². The molecule has 0 bridgehead atoms. The Hall–Kier alpha value is -4.92. The molecule has 12 atom stereocenters. The highest BCUT2D eigenvalue weighted by Gasteiger charge is 2.58. The van der Waals surface area contributed by atoms with E-state index in [0.29, 0.717) is 25.1 Å². The Labute approximate surface area is 465 Å². The standard InChI is InChI=1S/C54H93N7O18/c1-48(2,3)75-43(65)56-30-22-29(23-30)25-55-26-31-18-19-32(58-44(66)76-49(4,5)6)38(73-31)35-33(59-45(67)77-50(7,8)9)24-34(57-42(64)54(71)20-21-61(27-54)47(69)79-52(13,14)15)39(36(35)62)74-41-37(63)40(53(16,70)28-72-41)60(17)46(68)78-51(10,11)12/h18,29-30,32-41,55,62-63,70-71H,19-28H2,1-17H3,(H,56,65)(H,57,64)(H,58,66)(H,59,67)/t29-,30-,32-,33+,34-,35-,36+,37-,38?,39+,40-,41-,53+,54?/m1/s1. The van der Waals surface area contributed by atoms with Crippen molar-refractivity contribution in [1.29, 1.82) is 0 Å². The fourth-order valence-corrected chi connectivity index (χ4v) is 10.3. The van der Waals surface area contributed by atoms with Crippen molar-refractivity contribution in [1.82, 2.24) is 36.4 Å². The van der Waals surface area contributed by atoms with Gasteiger partial charge in [-0.25, -0.2) is 24.0 Å². The van der Waals surface area contributed by atoms with Crippen LogP contribution in [0.4, 0.5) is 24.0 Å². The molecule has 6 amide bonds. The summed E-state index contributed by atoms with van der Waals surface area (Å²) in [4.78, 5) is 83.3. The summed E-state index contributed by atoms with van der Waals surface area (Å²) in [6.45, 7) is 26.5. The van der Waals surface area contributed by atoms with Gasteiger partial charge in [-0.05, 0) is 155 Å². The van der Waals surface area contributed by atoms with Crippen LogP contribution in [0.2, 0.25) is 0 Å². The number of nitrogens with one attached hydrogen (secondary N) is 5. The summed E-state index contributed by atoms with van der Waals surface area (Å²) in [5.41, 5.74) is -8.48. The van der Waals surface area contributed by atoms with Crippen molar-refractivity contribution in [3.63, 3.8) is 0 Å². The third-order valence-corrected chi connectivity index (χ3v) is 13.7. The number of amides is 6. The molecule has 25 heteroatoms. The van der Waals surface area contributed by atoms with Crippen LogP contribution in [0.5, 0.6) is 0 Å². The van der Waals surface area contributed by atoms with Crippen LogP contribution in [-0.4, -0.2) is 207 Å². The molecule has 9 N–H and O–H groups in total. The van der Waals surface area contributed by atoms with Gasteiger partial charge in [0.05, 0.1) is 43.9 Å². The molecule has 3 aliphatic heterocycles. The first-order chi connectivity index (χ1) is 36.0. The summed E-state index contributed by atoms with van der Waals surface area (Å²) < 4.78 is 47.3. The second-order valence-corrected chi connectivity index (χ2v) is 27.0. The number of likely N-dealkylation sites (tertiary alicyclic amines) is 1. The molecule has 2 unspecified atom stereocenters. The highest BCUT2D eigenvalue weighted by atomic mass is 16.7. The largest absolute Gasteiger partial charge is 0.491 e. The Morgan fingerprint density at radius 2 is 1.24 bits per heavy atom. The smallest absolute Gasteiger partial charge is 0.410 e. The van der Waals surface area contributed by atoms with E-state index in [9.17, 15) is 49.2 Å². The number of nitrogens with zero attached hydrogens (tertiary/aromatic N) is 2. The highest BCUT2D eigenvalue weighted by molar-refractivity contribution is 5.87. The minimum absolute atomic E-state index is 0.0478. The first-order valence-corrected chi connectivity index (χ1v) is 27.4. The van der Waals surface area contributed by atoms with Crippen LogP contribution in [0.3, 0.4) is 0 Å². The predicted octanol–water partition coefficient (Wildman–Crippen LogP) is 3.67. The number of hydrogen-bond acceptors (Lipinski definition) is 19. The van der Waals surface area contributed by atoms with E-state index < -0.39 is 150 Å². The van der Waals surface area contributed by atoms with Gasteiger partial charge < -0.3 is 94.7 Å². The number of ether oxygens (including phenoxy) is 8. The van der Waals surface area contributed by atoms with E-state index in [4.69, 9.17) is 37.9 Å². The van der Waals surface area contributed by atoms with E-state index in [2.05, 4.69) is 26.6 Å². The molecule has 2 aliphatic carbocycles. The summed E-state index contributed by atoms with van der Waals surface area (Å²) in [5, 5.41) is 63.7. The summed E-state index contributed by atoms with van der Waals surface area (Å²) in [6.07, 6.45) is -9.21. The molecule has 0 aromatic carbocycles. The van der Waals surface area contributed by atoms with Crippen molar-refractivity contribution in [3.05, 3.63) is 11.8 Å². The molecule has 5 rings (SSSR count). The Morgan fingerprint density at radius 3 is 1.78 bits per heavy atom. The predicted molar refractivity (Wildman–Crippen MR) is 285 cm³/mol. The first-order valence-electron chi connectivity index (χ1n) is 27.4. The van der Waals surface area contributed by atoms with E-state index in [-0.39, 0.29) is 44.3 Å². The van der Waals surface area contributed by atoms with Crippen molar-refractivity contribution in [3.8, 4) is 0 Å². The molecular formula is C54H93N7O18. The lowest BCUT2D eigenvalue weighted by Crippen LogP contribution is -2.71. The number of likely N-dealkylation sites (N-methyl/N-ethyl adjacent to an activating group) is 1. The zero-order valence-corrected chi connectivity index (χ0v) is 49.5. The van der Waals surface area contributed by atoms with E-state index in [1.54, 1.807) is 110 Å². The average Bonchev–Trinajstić information content (AvgIpc) is 3.65. The van der Waals surface area contributed by atoms with Crippen molar-refractivity contribution in [2.75, 3.05) is 39.8 Å². The van der Waals surface area contributed by atoms with Crippen LogP contribution < -0.4 is 26.6 Å². The van der Waals surface area contributed by atoms with Crippen LogP contribution in [-0.2, 0) is 42.7 Å². The lowest BCUT2D eigenvalue weighted by atomic mass is 9.72. The van der Waals surface area contributed by atoms with Crippen LogP contribution >= 0.6 is 0 Å². The van der Waals surface area contributed by atoms with Crippen molar-refractivity contribution >= 4 is 36.4 Å². The summed E-state index contributed by atoms with van der Waals surface area (Å²) in [5.74, 6) is -1.60. The SMILES string of the molecule is CN(C(=O)OC(C)(C)C)[C@@H]1[C@@H](O)[C@@H](O[C@@H]2[C@@H](O)[C@H](C3OC(CNC[C@H]4C[C@H](NC(=O)OC(C)(C)C)C4)=CC[C@H]3NC(=O)OC(C)(C)C)[C@@H](NC(=O)OC(C)(C)C)C[C@H]2NC(=O)C2(O)CCN(C(=O)OC(C)(C)C)C2)OC[C@]1(C)O. The number of β-amino-alcohol motifs (C(OH)–C–C–N with tert-alkyl or cyclic N) is 1. The molecule has 0 spiro atoms. The second kappa shape index (κ2) is 24.7. The maximum absolute atomic E-state index is 14.5. The molecule has 0 aromatic heterocycles. The van der Waals surface area contributed by atoms with E-state index in [1.807, 2.05) is 0 Å². The molecule has 79 heavy (non-hydrogen) atoms. The molecule has 2 saturated carbocycles. The van der Waals surface area contributed by atoms with Gasteiger partial charge in [0, 0.05) is 38.0 Å². The Kier molecular flexibility index (Phi) is 20.3. The lowest BCUT2D eigenvalue weighted by Gasteiger charge is -2.52. The summed E-state index contributed by atoms with van der Waals surface area (Å²) >= 11 is 0. The maximum atomic E-state index is 14.5. The average molecular weight is 1130 g/mol. The first kappa shape index (κ1) is 64.9. The quantitative estimate of drug-likeness (QED) is 0.119. The Bertz CT molecular complexity index is 2190. The van der Waals surface area contributed by atoms with Gasteiger partial charge in [-0.3, -0.25) is 4.79 Å². The summed E-state index contributed by atoms with van der Waals surface area (Å²) in [6, 6.07) is -4.97. The highest BCUT2D eigenvalue weighted by Crippen LogP contribution is 2.40. The maximum Gasteiger partial charge on any atom is 0.410 e. The third-order valence-electron chi connectivity index (χ3n) is 13.7. The third kappa shape index (κ3) is 18.8. The zero-order valence-electron chi connectivity index (χ0n) is 49.5. The lowest BCUT2D eigenvalue weighted by molar-refractivity contribution is -0.306. The van der Waals surface area contributed by atoms with Gasteiger partial charge in [0.2, 0.25) is 0 Å². The minimum atomic E-state index is -2.19. The number of aliphatic hydroxyl groups excluding tert-OH is 2. The van der Waals surface area contributed by atoms with Gasteiger partial charge in [-0.2, -0.15) is 0 Å². The number of rotatable bonds is 13. The number of aliphatic hydroxyl groups is 4. The van der Waals surface area contributed by atoms with Crippen molar-refractivity contribution in [2.45, 2.75) is 243 Å². The van der Waals surface area contributed by atoms with Crippen molar-refractivity contribution in [2.24, 2.45) is 11.8 Å². The number of carbonyl (C=O) groups is 6. The fourth-order valence-electron chi connectivity index (χ4n) is 10.3. The number of carbonyl (C=O) groups excluding carboxylic acids is 6.